The number of imide groups is 1. The number of ether oxygens (including phenoxy) is 1. The second-order valence-electron chi connectivity index (χ2n) is 10.3. The van der Waals surface area contributed by atoms with Gasteiger partial charge in [0.2, 0.25) is 0 Å². The van der Waals surface area contributed by atoms with Crippen LogP contribution in [0.1, 0.15) is 62.4 Å². The Morgan fingerprint density at radius 2 is 1.71 bits per heavy atom. The van der Waals surface area contributed by atoms with Crippen molar-refractivity contribution in [2.24, 2.45) is 0 Å². The summed E-state index contributed by atoms with van der Waals surface area (Å²) in [7, 11) is 0. The molecule has 4 rings (SSSR count). The van der Waals surface area contributed by atoms with Gasteiger partial charge in [0.15, 0.2) is 0 Å². The third-order valence-corrected chi connectivity index (χ3v) is 6.83. The third-order valence-electron chi connectivity index (χ3n) is 6.83. The molecule has 0 atom stereocenters. The van der Waals surface area contributed by atoms with Crippen LogP contribution in [0.15, 0.2) is 48.5 Å². The van der Waals surface area contributed by atoms with Crippen molar-refractivity contribution in [1.29, 1.82) is 0 Å². The molecular formula is C27H32FN3O4. The van der Waals surface area contributed by atoms with Gasteiger partial charge in [-0.1, -0.05) is 32.9 Å². The number of benzene rings is 2. The Morgan fingerprint density at radius 3 is 2.31 bits per heavy atom. The molecule has 0 unspecified atom stereocenters. The van der Waals surface area contributed by atoms with E-state index in [4.69, 9.17) is 4.74 Å². The van der Waals surface area contributed by atoms with E-state index in [1.165, 1.54) is 29.2 Å². The molecule has 186 valence electrons. The number of carbonyl (C=O) groups is 3. The fraction of sp³-hybridized carbons (Fsp3) is 0.444. The molecule has 1 saturated carbocycles. The van der Waals surface area contributed by atoms with Gasteiger partial charge in [0.1, 0.15) is 23.7 Å². The van der Waals surface area contributed by atoms with Crippen molar-refractivity contribution in [3.05, 3.63) is 65.5 Å². The summed E-state index contributed by atoms with van der Waals surface area (Å²) >= 11 is 0. The van der Waals surface area contributed by atoms with Crippen LogP contribution in [0, 0.1) is 5.82 Å². The van der Waals surface area contributed by atoms with Gasteiger partial charge in [-0.25, -0.2) is 9.18 Å². The van der Waals surface area contributed by atoms with E-state index in [1.807, 2.05) is 24.3 Å². The second-order valence-corrected chi connectivity index (χ2v) is 10.3. The Morgan fingerprint density at radius 1 is 1.09 bits per heavy atom. The molecule has 2 N–H and O–H groups in total. The SMILES string of the molecule is CC(C)(C)c1ccc(C(=O)NC2CCC3(CC2)NC(=O)N(CCOc2ccc(F)cc2)C3=O)cc1. The molecule has 2 aliphatic rings. The first-order valence-corrected chi connectivity index (χ1v) is 12.0. The number of rotatable bonds is 6. The van der Waals surface area contributed by atoms with E-state index < -0.39 is 11.6 Å². The highest BCUT2D eigenvalue weighted by atomic mass is 19.1. The predicted octanol–water partition coefficient (Wildman–Crippen LogP) is 4.17. The number of nitrogens with zero attached hydrogens (tertiary/aromatic N) is 1. The van der Waals surface area contributed by atoms with Gasteiger partial charge >= 0.3 is 6.03 Å². The predicted molar refractivity (Wildman–Crippen MR) is 130 cm³/mol. The van der Waals surface area contributed by atoms with Crippen molar-refractivity contribution in [3.63, 3.8) is 0 Å². The minimum atomic E-state index is -0.928. The summed E-state index contributed by atoms with van der Waals surface area (Å²) in [6, 6.07) is 12.7. The number of amides is 4. The van der Waals surface area contributed by atoms with Crippen molar-refractivity contribution in [1.82, 2.24) is 15.5 Å². The van der Waals surface area contributed by atoms with E-state index in [9.17, 15) is 18.8 Å². The molecule has 1 aliphatic heterocycles. The van der Waals surface area contributed by atoms with Crippen molar-refractivity contribution in [3.8, 4) is 5.75 Å². The van der Waals surface area contributed by atoms with E-state index in [1.54, 1.807) is 0 Å². The highest BCUT2D eigenvalue weighted by molar-refractivity contribution is 6.07. The van der Waals surface area contributed by atoms with Gasteiger partial charge < -0.3 is 15.4 Å². The molecule has 1 saturated heterocycles. The lowest BCUT2D eigenvalue weighted by Crippen LogP contribution is -2.52. The first-order chi connectivity index (χ1) is 16.6. The van der Waals surface area contributed by atoms with Crippen LogP contribution in [0.3, 0.4) is 0 Å². The highest BCUT2D eigenvalue weighted by Gasteiger charge is 2.52. The average Bonchev–Trinajstić information content (AvgIpc) is 3.05. The molecule has 2 fully saturated rings. The van der Waals surface area contributed by atoms with E-state index in [-0.39, 0.29) is 42.2 Å². The Bertz CT molecular complexity index is 1080. The average molecular weight is 482 g/mol. The molecule has 35 heavy (non-hydrogen) atoms. The highest BCUT2D eigenvalue weighted by Crippen LogP contribution is 2.34. The fourth-order valence-corrected chi connectivity index (χ4v) is 4.65. The van der Waals surface area contributed by atoms with E-state index in [2.05, 4.69) is 31.4 Å². The smallest absolute Gasteiger partial charge is 0.325 e. The monoisotopic (exact) mass is 481 g/mol. The molecule has 2 aromatic rings. The molecule has 0 aromatic heterocycles. The van der Waals surface area contributed by atoms with Crippen LogP contribution in [0.25, 0.3) is 0 Å². The Kier molecular flexibility index (Phi) is 6.83. The zero-order valence-corrected chi connectivity index (χ0v) is 20.4. The topological polar surface area (TPSA) is 87.7 Å². The van der Waals surface area contributed by atoms with Gasteiger partial charge in [-0.2, -0.15) is 0 Å². The maximum Gasteiger partial charge on any atom is 0.325 e. The third kappa shape index (κ3) is 5.47. The quantitative estimate of drug-likeness (QED) is 0.607. The molecule has 8 heteroatoms. The van der Waals surface area contributed by atoms with E-state index in [0.29, 0.717) is 37.0 Å². The summed E-state index contributed by atoms with van der Waals surface area (Å²) in [6.45, 7) is 6.61. The van der Waals surface area contributed by atoms with Crippen molar-refractivity contribution in [2.75, 3.05) is 13.2 Å². The van der Waals surface area contributed by atoms with Gasteiger partial charge in [0.05, 0.1) is 6.54 Å². The lowest BCUT2D eigenvalue weighted by atomic mass is 9.79. The van der Waals surface area contributed by atoms with Gasteiger partial charge in [0.25, 0.3) is 11.8 Å². The molecule has 0 bridgehead atoms. The maximum atomic E-state index is 13.1. The maximum absolute atomic E-state index is 13.1. The number of nitrogens with one attached hydrogen (secondary N) is 2. The zero-order chi connectivity index (χ0) is 25.2. The molecule has 2 aromatic carbocycles. The molecule has 1 aliphatic carbocycles. The molecule has 7 nitrogen and oxygen atoms in total. The minimum absolute atomic E-state index is 0.0198. The fourth-order valence-electron chi connectivity index (χ4n) is 4.65. The molecule has 1 heterocycles. The van der Waals surface area contributed by atoms with Crippen LogP contribution < -0.4 is 15.4 Å². The minimum Gasteiger partial charge on any atom is -0.492 e. The van der Waals surface area contributed by atoms with Crippen LogP contribution in [-0.2, 0) is 10.2 Å². The summed E-state index contributed by atoms with van der Waals surface area (Å²) in [5.74, 6) is -0.281. The zero-order valence-electron chi connectivity index (χ0n) is 20.4. The van der Waals surface area contributed by atoms with Crippen molar-refractivity contribution >= 4 is 17.8 Å². The van der Waals surface area contributed by atoms with Gasteiger partial charge in [0, 0.05) is 11.6 Å². The molecule has 1 spiro atoms. The number of hydrogen-bond acceptors (Lipinski definition) is 4. The molecule has 4 amide bonds. The summed E-state index contributed by atoms with van der Waals surface area (Å²) in [5, 5.41) is 5.94. The van der Waals surface area contributed by atoms with Gasteiger partial charge in [-0.15, -0.1) is 0 Å². The normalized spacial score (nSPS) is 22.3. The van der Waals surface area contributed by atoms with Gasteiger partial charge in [-0.3, -0.25) is 14.5 Å². The summed E-state index contributed by atoms with van der Waals surface area (Å²) < 4.78 is 18.5. The first kappa shape index (κ1) is 24.7. The largest absolute Gasteiger partial charge is 0.492 e. The van der Waals surface area contributed by atoms with Crippen LogP contribution >= 0.6 is 0 Å². The lowest BCUT2D eigenvalue weighted by Gasteiger charge is -2.35. The number of halogens is 1. The van der Waals surface area contributed by atoms with Crippen molar-refractivity contribution < 1.29 is 23.5 Å². The number of urea groups is 1. The van der Waals surface area contributed by atoms with Crippen LogP contribution in [0.2, 0.25) is 0 Å². The van der Waals surface area contributed by atoms with Gasteiger partial charge in [-0.05, 0) is 73.1 Å². The van der Waals surface area contributed by atoms with Crippen LogP contribution in [-0.4, -0.2) is 47.5 Å². The Hall–Kier alpha value is -3.42. The number of hydrogen-bond donors (Lipinski definition) is 2. The number of carbonyl (C=O) groups excluding carboxylic acids is 3. The van der Waals surface area contributed by atoms with Crippen LogP contribution in [0.4, 0.5) is 9.18 Å². The summed E-state index contributed by atoms with van der Waals surface area (Å²) in [5.41, 5.74) is 0.863. The Balaban J connectivity index is 1.28. The van der Waals surface area contributed by atoms with E-state index in [0.717, 1.165) is 5.56 Å². The first-order valence-electron chi connectivity index (χ1n) is 12.0. The van der Waals surface area contributed by atoms with E-state index >= 15 is 0 Å². The Labute approximate surface area is 205 Å². The lowest BCUT2D eigenvalue weighted by molar-refractivity contribution is -0.132. The second kappa shape index (κ2) is 9.68. The standard InChI is InChI=1S/C27H32FN3O4/c1-26(2,3)19-6-4-18(5-7-19)23(32)29-21-12-14-27(15-13-21)24(33)31(25(34)30-27)16-17-35-22-10-8-20(28)9-11-22/h4-11,21H,12-17H2,1-3H3,(H,29,32)(H,30,34). The van der Waals surface area contributed by atoms with Crippen LogP contribution in [0.5, 0.6) is 5.75 Å². The summed E-state index contributed by atoms with van der Waals surface area (Å²) in [6.07, 6.45) is 2.11. The molecular weight excluding hydrogens is 449 g/mol. The van der Waals surface area contributed by atoms with Crippen molar-refractivity contribution in [2.45, 2.75) is 63.5 Å². The summed E-state index contributed by atoms with van der Waals surface area (Å²) in [4.78, 5) is 39.5. The molecule has 0 radical (unpaired) electrons.